The van der Waals surface area contributed by atoms with E-state index in [4.69, 9.17) is 11.5 Å². The van der Waals surface area contributed by atoms with Gasteiger partial charge in [0.15, 0.2) is 0 Å². The maximum atomic E-state index is 5.97. The van der Waals surface area contributed by atoms with Gasteiger partial charge >= 0.3 is 0 Å². The summed E-state index contributed by atoms with van der Waals surface area (Å²) >= 11 is 1.66. The third kappa shape index (κ3) is 3.87. The molecule has 0 bridgehead atoms. The predicted molar refractivity (Wildman–Crippen MR) is 73.3 cm³/mol. The molecule has 0 aliphatic rings. The fourth-order valence-electron chi connectivity index (χ4n) is 1.41. The van der Waals surface area contributed by atoms with Crippen LogP contribution in [0.4, 0.5) is 5.69 Å². The number of hydrogen-bond donors (Lipinski definition) is 2. The molecule has 1 atom stereocenters. The molecule has 0 aliphatic heterocycles. The van der Waals surface area contributed by atoms with Gasteiger partial charge in [0.1, 0.15) is 5.84 Å². The zero-order valence-electron chi connectivity index (χ0n) is 9.81. The van der Waals surface area contributed by atoms with Crippen LogP contribution in [0.2, 0.25) is 0 Å². The van der Waals surface area contributed by atoms with Crippen LogP contribution in [0.3, 0.4) is 0 Å². The Morgan fingerprint density at radius 3 is 2.88 bits per heavy atom. The molecule has 0 heterocycles. The van der Waals surface area contributed by atoms with Gasteiger partial charge in [-0.3, -0.25) is 0 Å². The van der Waals surface area contributed by atoms with Crippen LogP contribution in [0.5, 0.6) is 0 Å². The third-order valence-corrected chi connectivity index (χ3v) is 2.89. The summed E-state index contributed by atoms with van der Waals surface area (Å²) in [4.78, 5) is 4.34. The number of amidine groups is 1. The number of hydrogen-bond acceptors (Lipinski definition) is 3. The second kappa shape index (κ2) is 6.55. The summed E-state index contributed by atoms with van der Waals surface area (Å²) in [6.45, 7) is 2.07. The summed E-state index contributed by atoms with van der Waals surface area (Å²) in [7, 11) is 0. The molecule has 0 saturated heterocycles. The second-order valence-corrected chi connectivity index (χ2v) is 4.51. The van der Waals surface area contributed by atoms with Crippen molar-refractivity contribution in [1.29, 1.82) is 0 Å². The molecule has 1 aromatic carbocycles. The third-order valence-electron chi connectivity index (χ3n) is 2.30. The Kier molecular flexibility index (Phi) is 5.35. The summed E-state index contributed by atoms with van der Waals surface area (Å²) in [5, 5.41) is 0. The van der Waals surface area contributed by atoms with Gasteiger partial charge in [0, 0.05) is 6.04 Å². The molecule has 0 saturated carbocycles. The molecule has 0 aromatic heterocycles. The fourth-order valence-corrected chi connectivity index (χ4v) is 1.77. The molecule has 1 rings (SSSR count). The minimum atomic E-state index is 0.0805. The lowest BCUT2D eigenvalue weighted by Gasteiger charge is -2.09. The maximum Gasteiger partial charge on any atom is 0.110 e. The van der Waals surface area contributed by atoms with Gasteiger partial charge in [-0.1, -0.05) is 19.1 Å². The van der Waals surface area contributed by atoms with E-state index in [2.05, 4.69) is 11.9 Å². The summed E-state index contributed by atoms with van der Waals surface area (Å²) in [6, 6.07) is 8.02. The number of rotatable bonds is 5. The van der Waals surface area contributed by atoms with Gasteiger partial charge in [-0.2, -0.15) is 11.8 Å². The Labute approximate surface area is 101 Å². The van der Waals surface area contributed by atoms with E-state index in [1.54, 1.807) is 11.8 Å². The summed E-state index contributed by atoms with van der Waals surface area (Å²) < 4.78 is 0. The molecule has 88 valence electrons. The monoisotopic (exact) mass is 237 g/mol. The number of aliphatic imine (C=N–C) groups is 1. The highest BCUT2D eigenvalue weighted by Gasteiger charge is 2.03. The van der Waals surface area contributed by atoms with E-state index in [1.807, 2.05) is 30.5 Å². The lowest BCUT2D eigenvalue weighted by Crippen LogP contribution is -2.13. The Bertz CT molecular complexity index is 363. The van der Waals surface area contributed by atoms with Crippen molar-refractivity contribution in [1.82, 2.24) is 0 Å². The Morgan fingerprint density at radius 1 is 1.50 bits per heavy atom. The van der Waals surface area contributed by atoms with Crippen molar-refractivity contribution in [3.05, 3.63) is 29.8 Å². The molecule has 0 spiro atoms. The Morgan fingerprint density at radius 2 is 2.25 bits per heavy atom. The van der Waals surface area contributed by atoms with Crippen molar-refractivity contribution in [2.45, 2.75) is 19.4 Å². The first kappa shape index (κ1) is 13.1. The van der Waals surface area contributed by atoms with Gasteiger partial charge in [0.25, 0.3) is 0 Å². The maximum absolute atomic E-state index is 5.97. The van der Waals surface area contributed by atoms with Gasteiger partial charge in [-0.25, -0.2) is 4.99 Å². The summed E-state index contributed by atoms with van der Waals surface area (Å²) in [5.41, 5.74) is 13.7. The highest BCUT2D eigenvalue weighted by atomic mass is 32.2. The topological polar surface area (TPSA) is 64.4 Å². The largest absolute Gasteiger partial charge is 0.386 e. The van der Waals surface area contributed by atoms with Crippen molar-refractivity contribution in [2.24, 2.45) is 16.5 Å². The molecule has 16 heavy (non-hydrogen) atoms. The quantitative estimate of drug-likeness (QED) is 0.610. The molecule has 4 heteroatoms. The van der Waals surface area contributed by atoms with E-state index < -0.39 is 0 Å². The highest BCUT2D eigenvalue weighted by Crippen LogP contribution is 2.20. The summed E-state index contributed by atoms with van der Waals surface area (Å²) in [6.07, 6.45) is 2.93. The van der Waals surface area contributed by atoms with Crippen molar-refractivity contribution in [2.75, 3.05) is 12.0 Å². The predicted octanol–water partition coefficient (Wildman–Crippen LogP) is 2.45. The van der Waals surface area contributed by atoms with Crippen LogP contribution in [0, 0.1) is 0 Å². The highest BCUT2D eigenvalue weighted by molar-refractivity contribution is 7.99. The molecule has 0 radical (unpaired) electrons. The fraction of sp³-hybridized carbons (Fsp3) is 0.417. The van der Waals surface area contributed by atoms with Gasteiger partial charge < -0.3 is 11.5 Å². The van der Waals surface area contributed by atoms with Crippen molar-refractivity contribution < 1.29 is 0 Å². The van der Waals surface area contributed by atoms with Crippen LogP contribution in [0.15, 0.2) is 29.3 Å². The molecule has 1 unspecified atom stereocenters. The molecule has 1 aromatic rings. The second-order valence-electron chi connectivity index (χ2n) is 3.65. The van der Waals surface area contributed by atoms with Crippen LogP contribution >= 0.6 is 11.8 Å². The van der Waals surface area contributed by atoms with Crippen molar-refractivity contribution in [3.63, 3.8) is 0 Å². The average molecular weight is 237 g/mol. The molecule has 0 fully saturated rings. The molecule has 0 aliphatic carbocycles. The van der Waals surface area contributed by atoms with Gasteiger partial charge in [-0.15, -0.1) is 0 Å². The molecule has 0 amide bonds. The number of thioether (sulfide) groups is 1. The molecule has 3 nitrogen and oxygen atoms in total. The SMILES string of the molecule is CCC(N)c1cccc(N=C(N)CSC)c1. The van der Waals surface area contributed by atoms with Crippen LogP contribution in [0.25, 0.3) is 0 Å². The van der Waals surface area contributed by atoms with Crippen molar-refractivity contribution in [3.8, 4) is 0 Å². The lowest BCUT2D eigenvalue weighted by molar-refractivity contribution is 0.699. The van der Waals surface area contributed by atoms with Gasteiger partial charge in [-0.05, 0) is 30.4 Å². The smallest absolute Gasteiger partial charge is 0.110 e. The molecular formula is C12H19N3S. The molecular weight excluding hydrogens is 218 g/mol. The van der Waals surface area contributed by atoms with E-state index in [9.17, 15) is 0 Å². The number of benzene rings is 1. The van der Waals surface area contributed by atoms with Gasteiger partial charge in [0.2, 0.25) is 0 Å². The number of nitrogens with zero attached hydrogens (tertiary/aromatic N) is 1. The minimum Gasteiger partial charge on any atom is -0.386 e. The zero-order valence-corrected chi connectivity index (χ0v) is 10.6. The van der Waals surface area contributed by atoms with E-state index in [-0.39, 0.29) is 6.04 Å². The first-order valence-electron chi connectivity index (χ1n) is 5.35. The average Bonchev–Trinajstić information content (AvgIpc) is 2.28. The Balaban J connectivity index is 2.86. The van der Waals surface area contributed by atoms with Crippen molar-refractivity contribution >= 4 is 23.3 Å². The minimum absolute atomic E-state index is 0.0805. The normalized spacial score (nSPS) is 13.8. The first-order valence-corrected chi connectivity index (χ1v) is 6.74. The van der Waals surface area contributed by atoms with E-state index >= 15 is 0 Å². The van der Waals surface area contributed by atoms with Crippen LogP contribution < -0.4 is 11.5 Å². The first-order chi connectivity index (χ1) is 7.67. The van der Waals surface area contributed by atoms with Crippen LogP contribution in [0.1, 0.15) is 24.9 Å². The van der Waals surface area contributed by atoms with E-state index in [1.165, 1.54) is 0 Å². The van der Waals surface area contributed by atoms with Gasteiger partial charge in [0.05, 0.1) is 11.4 Å². The summed E-state index contributed by atoms with van der Waals surface area (Å²) in [5.74, 6) is 1.40. The van der Waals surface area contributed by atoms with E-state index in [0.29, 0.717) is 5.84 Å². The lowest BCUT2D eigenvalue weighted by atomic mass is 10.1. The van der Waals surface area contributed by atoms with E-state index in [0.717, 1.165) is 23.4 Å². The zero-order chi connectivity index (χ0) is 12.0. The van der Waals surface area contributed by atoms with Crippen LogP contribution in [-0.4, -0.2) is 17.8 Å². The van der Waals surface area contributed by atoms with Crippen LogP contribution in [-0.2, 0) is 0 Å². The molecule has 4 N–H and O–H groups in total. The Hall–Kier alpha value is -1.00. The standard InChI is InChI=1S/C12H19N3S/c1-3-11(13)9-5-4-6-10(7-9)15-12(14)8-16-2/h4-7,11H,3,8,13H2,1-2H3,(H2,14,15). The number of nitrogens with two attached hydrogens (primary N) is 2.